The number of nitrogens with two attached hydrogens (primary N) is 1. The Bertz CT molecular complexity index is 690. The molecule has 1 unspecified atom stereocenters. The predicted molar refractivity (Wildman–Crippen MR) is 110 cm³/mol. The summed E-state index contributed by atoms with van der Waals surface area (Å²) in [4.78, 5) is 14.8. The van der Waals surface area contributed by atoms with Crippen LogP contribution in [0.2, 0.25) is 0 Å². The minimum absolute atomic E-state index is 0. The van der Waals surface area contributed by atoms with Crippen molar-refractivity contribution in [3.05, 3.63) is 71.3 Å². The second-order valence-corrected chi connectivity index (χ2v) is 6.89. The first-order valence-electron chi connectivity index (χ1n) is 9.40. The number of fused-ring (bicyclic) bond motifs is 1. The predicted octanol–water partition coefficient (Wildman–Crippen LogP) is 4.49. The van der Waals surface area contributed by atoms with Crippen molar-refractivity contribution in [2.24, 2.45) is 5.73 Å². The molecule has 2 aromatic rings. The van der Waals surface area contributed by atoms with E-state index < -0.39 is 0 Å². The Morgan fingerprint density at radius 1 is 0.962 bits per heavy atom. The van der Waals surface area contributed by atoms with E-state index in [2.05, 4.69) is 48.5 Å². The molecule has 0 saturated carbocycles. The smallest absolute Gasteiger partial charge is 0.222 e. The van der Waals surface area contributed by atoms with Crippen molar-refractivity contribution < 1.29 is 4.79 Å². The molecule has 3 rings (SSSR count). The Morgan fingerprint density at radius 2 is 1.65 bits per heavy atom. The molecule has 4 heteroatoms. The molecule has 1 aliphatic heterocycles. The number of nitrogens with zero attached hydrogens (tertiary/aromatic N) is 1. The molecular formula is C22H29ClN2O. The van der Waals surface area contributed by atoms with Crippen molar-refractivity contribution in [1.29, 1.82) is 0 Å². The molecule has 1 heterocycles. The van der Waals surface area contributed by atoms with Crippen molar-refractivity contribution in [1.82, 2.24) is 4.90 Å². The van der Waals surface area contributed by atoms with E-state index in [-0.39, 0.29) is 24.2 Å². The quantitative estimate of drug-likeness (QED) is 0.728. The molecule has 0 radical (unpaired) electrons. The lowest BCUT2D eigenvalue weighted by molar-refractivity contribution is -0.132. The highest BCUT2D eigenvalue weighted by Gasteiger charge is 2.28. The molecule has 1 atom stereocenters. The molecule has 26 heavy (non-hydrogen) atoms. The van der Waals surface area contributed by atoms with Crippen molar-refractivity contribution in [3.8, 4) is 0 Å². The Labute approximate surface area is 163 Å². The third-order valence-electron chi connectivity index (χ3n) is 5.09. The van der Waals surface area contributed by atoms with Gasteiger partial charge in [-0.3, -0.25) is 4.79 Å². The van der Waals surface area contributed by atoms with E-state index >= 15 is 0 Å². The van der Waals surface area contributed by atoms with E-state index in [0.717, 1.165) is 45.3 Å². The molecule has 0 fully saturated rings. The summed E-state index contributed by atoms with van der Waals surface area (Å²) in [5.41, 5.74) is 9.45. The van der Waals surface area contributed by atoms with Crippen LogP contribution in [-0.4, -0.2) is 23.9 Å². The van der Waals surface area contributed by atoms with E-state index in [1.54, 1.807) is 0 Å². The molecule has 2 aromatic carbocycles. The zero-order valence-electron chi connectivity index (χ0n) is 15.3. The van der Waals surface area contributed by atoms with Gasteiger partial charge in [-0.2, -0.15) is 0 Å². The number of hydrogen-bond donors (Lipinski definition) is 1. The van der Waals surface area contributed by atoms with Crippen LogP contribution < -0.4 is 5.73 Å². The summed E-state index contributed by atoms with van der Waals surface area (Å²) in [7, 11) is 0. The van der Waals surface area contributed by atoms with Gasteiger partial charge in [0.25, 0.3) is 0 Å². The first kappa shape index (κ1) is 20.5. The maximum atomic E-state index is 12.7. The molecule has 1 amide bonds. The Morgan fingerprint density at radius 3 is 2.42 bits per heavy atom. The van der Waals surface area contributed by atoms with E-state index in [1.807, 2.05) is 11.0 Å². The number of amides is 1. The van der Waals surface area contributed by atoms with Gasteiger partial charge in [0.15, 0.2) is 0 Å². The Hall–Kier alpha value is -1.84. The molecule has 2 N–H and O–H groups in total. The van der Waals surface area contributed by atoms with Crippen LogP contribution in [0.1, 0.15) is 54.7 Å². The summed E-state index contributed by atoms with van der Waals surface area (Å²) in [5.74, 6) is 0.551. The SMILES string of the molecule is Cl.NCCCCCCC(=O)N1Cc2ccccc2C(c2ccccc2)C1. The van der Waals surface area contributed by atoms with Gasteiger partial charge in [-0.15, -0.1) is 12.4 Å². The van der Waals surface area contributed by atoms with Crippen LogP contribution in [0.3, 0.4) is 0 Å². The van der Waals surface area contributed by atoms with Gasteiger partial charge in [0.05, 0.1) is 0 Å². The zero-order valence-corrected chi connectivity index (χ0v) is 16.1. The molecule has 0 aromatic heterocycles. The number of carbonyl (C=O) groups excluding carboxylic acids is 1. The van der Waals surface area contributed by atoms with Crippen LogP contribution in [0.25, 0.3) is 0 Å². The highest BCUT2D eigenvalue weighted by atomic mass is 35.5. The molecule has 1 aliphatic rings. The number of rotatable bonds is 7. The van der Waals surface area contributed by atoms with Gasteiger partial charge in [0.2, 0.25) is 5.91 Å². The fourth-order valence-electron chi connectivity index (χ4n) is 3.70. The van der Waals surface area contributed by atoms with Gasteiger partial charge in [0, 0.05) is 25.4 Å². The molecule has 0 spiro atoms. The van der Waals surface area contributed by atoms with Gasteiger partial charge < -0.3 is 10.6 Å². The van der Waals surface area contributed by atoms with Gasteiger partial charge in [-0.25, -0.2) is 0 Å². The van der Waals surface area contributed by atoms with Crippen LogP contribution >= 0.6 is 12.4 Å². The number of unbranched alkanes of at least 4 members (excludes halogenated alkanes) is 3. The lowest BCUT2D eigenvalue weighted by Gasteiger charge is -2.35. The van der Waals surface area contributed by atoms with Crippen LogP contribution in [0, 0.1) is 0 Å². The van der Waals surface area contributed by atoms with Gasteiger partial charge >= 0.3 is 0 Å². The normalized spacial score (nSPS) is 15.9. The highest BCUT2D eigenvalue weighted by molar-refractivity contribution is 5.85. The van der Waals surface area contributed by atoms with E-state index in [4.69, 9.17) is 5.73 Å². The maximum Gasteiger partial charge on any atom is 0.222 e. The van der Waals surface area contributed by atoms with Crippen LogP contribution in [-0.2, 0) is 11.3 Å². The molecular weight excluding hydrogens is 344 g/mol. The maximum absolute atomic E-state index is 12.7. The summed E-state index contributed by atoms with van der Waals surface area (Å²) < 4.78 is 0. The Kier molecular flexibility index (Phi) is 8.14. The van der Waals surface area contributed by atoms with Crippen molar-refractivity contribution in [3.63, 3.8) is 0 Å². The van der Waals surface area contributed by atoms with Crippen LogP contribution in [0.15, 0.2) is 54.6 Å². The first-order chi connectivity index (χ1) is 12.3. The number of halogens is 1. The van der Waals surface area contributed by atoms with E-state index in [9.17, 15) is 4.79 Å². The monoisotopic (exact) mass is 372 g/mol. The largest absolute Gasteiger partial charge is 0.337 e. The molecule has 0 aliphatic carbocycles. The third kappa shape index (κ3) is 5.09. The summed E-state index contributed by atoms with van der Waals surface area (Å²) in [5, 5.41) is 0. The lowest BCUT2D eigenvalue weighted by atomic mass is 9.84. The van der Waals surface area contributed by atoms with Crippen molar-refractivity contribution >= 4 is 18.3 Å². The number of carbonyl (C=O) groups is 1. The Balaban J connectivity index is 0.00000243. The lowest BCUT2D eigenvalue weighted by Crippen LogP contribution is -2.38. The van der Waals surface area contributed by atoms with Crippen LogP contribution in [0.5, 0.6) is 0 Å². The third-order valence-corrected chi connectivity index (χ3v) is 5.09. The van der Waals surface area contributed by atoms with Gasteiger partial charge in [-0.1, -0.05) is 67.4 Å². The summed E-state index contributed by atoms with van der Waals surface area (Å²) >= 11 is 0. The van der Waals surface area contributed by atoms with E-state index in [0.29, 0.717) is 6.42 Å². The molecule has 140 valence electrons. The average molecular weight is 373 g/mol. The second kappa shape index (κ2) is 10.3. The zero-order chi connectivity index (χ0) is 17.5. The van der Waals surface area contributed by atoms with E-state index in [1.165, 1.54) is 16.7 Å². The average Bonchev–Trinajstić information content (AvgIpc) is 2.67. The molecule has 3 nitrogen and oxygen atoms in total. The number of hydrogen-bond acceptors (Lipinski definition) is 2. The standard InChI is InChI=1S/C22H28N2O.ClH/c23-15-9-2-1-6-14-22(25)24-16-19-12-7-8-13-20(19)21(17-24)18-10-4-3-5-11-18;/h3-5,7-8,10-13,21H,1-2,6,9,14-17,23H2;1H. The minimum atomic E-state index is 0. The van der Waals surface area contributed by atoms with Crippen molar-refractivity contribution in [2.75, 3.05) is 13.1 Å². The van der Waals surface area contributed by atoms with Gasteiger partial charge in [-0.05, 0) is 36.1 Å². The summed E-state index contributed by atoms with van der Waals surface area (Å²) in [6, 6.07) is 19.1. The highest BCUT2D eigenvalue weighted by Crippen LogP contribution is 2.33. The first-order valence-corrected chi connectivity index (χ1v) is 9.40. The summed E-state index contributed by atoms with van der Waals surface area (Å²) in [6.45, 7) is 2.26. The topological polar surface area (TPSA) is 46.3 Å². The molecule has 0 bridgehead atoms. The summed E-state index contributed by atoms with van der Waals surface area (Å²) in [6.07, 6.45) is 4.89. The minimum Gasteiger partial charge on any atom is -0.337 e. The molecule has 0 saturated heterocycles. The van der Waals surface area contributed by atoms with Gasteiger partial charge in [0.1, 0.15) is 0 Å². The number of benzene rings is 2. The second-order valence-electron chi connectivity index (χ2n) is 6.89. The van der Waals surface area contributed by atoms with Crippen molar-refractivity contribution in [2.45, 2.75) is 44.6 Å². The van der Waals surface area contributed by atoms with Crippen LogP contribution in [0.4, 0.5) is 0 Å². The fourth-order valence-corrected chi connectivity index (χ4v) is 3.70. The fraction of sp³-hybridized carbons (Fsp3) is 0.409.